The van der Waals surface area contributed by atoms with Crippen LogP contribution in [0.5, 0.6) is 0 Å². The van der Waals surface area contributed by atoms with E-state index in [1.54, 1.807) is 0 Å². The molecule has 0 aliphatic carbocycles. The third kappa shape index (κ3) is 3.09. The monoisotopic (exact) mass is 344 g/mol. The lowest BCUT2D eigenvalue weighted by molar-refractivity contribution is 0.00578. The smallest absolute Gasteiger partial charge is 0.400 e. The second kappa shape index (κ2) is 6.15. The molecular weight excluding hydrogens is 322 g/mol. The molecule has 1 saturated heterocycles. The lowest BCUT2D eigenvalue weighted by Crippen LogP contribution is -2.41. The van der Waals surface area contributed by atoms with Crippen molar-refractivity contribution in [1.82, 2.24) is 4.98 Å². The highest BCUT2D eigenvalue weighted by Gasteiger charge is 2.52. The number of hydrogen-bond donors (Lipinski definition) is 1. The third-order valence-corrected chi connectivity index (χ3v) is 5.14. The first-order valence-electron chi connectivity index (χ1n) is 8.05. The average Bonchev–Trinajstić information content (AvgIpc) is 2.73. The summed E-state index contributed by atoms with van der Waals surface area (Å²) in [5, 5.41) is 1.47. The zero-order valence-corrected chi connectivity index (χ0v) is 15.2. The van der Waals surface area contributed by atoms with Gasteiger partial charge in [-0.3, -0.25) is 0 Å². The maximum atomic E-state index is 6.34. The van der Waals surface area contributed by atoms with Crippen LogP contribution in [0.15, 0.2) is 35.8 Å². The molecule has 0 spiro atoms. The summed E-state index contributed by atoms with van der Waals surface area (Å²) in [6.07, 6.45) is 1.92. The number of para-hydroxylation sites is 1. The van der Waals surface area contributed by atoms with E-state index in [4.69, 9.17) is 26.6 Å². The van der Waals surface area contributed by atoms with Gasteiger partial charge in [-0.15, -0.1) is 0 Å². The Bertz CT molecular complexity index is 789. The van der Waals surface area contributed by atoms with Gasteiger partial charge in [0.1, 0.15) is 5.15 Å². The van der Waals surface area contributed by atoms with Gasteiger partial charge in [-0.25, -0.2) is 4.98 Å². The summed E-state index contributed by atoms with van der Waals surface area (Å²) in [6, 6.07) is 9.87. The molecule has 0 atom stereocenters. The first kappa shape index (κ1) is 17.4. The number of benzene rings is 1. The molecular formula is C18H22BClN2O2. The maximum absolute atomic E-state index is 6.34. The van der Waals surface area contributed by atoms with Crippen LogP contribution < -0.4 is 5.73 Å². The minimum Gasteiger partial charge on any atom is -0.400 e. The molecule has 1 aliphatic rings. The van der Waals surface area contributed by atoms with Crippen molar-refractivity contribution < 1.29 is 9.31 Å². The summed E-state index contributed by atoms with van der Waals surface area (Å²) in [5.41, 5.74) is 7.65. The highest BCUT2D eigenvalue weighted by molar-refractivity contribution is 6.56. The molecule has 126 valence electrons. The Labute approximate surface area is 148 Å². The number of rotatable bonds is 3. The van der Waals surface area contributed by atoms with Gasteiger partial charge < -0.3 is 15.0 Å². The van der Waals surface area contributed by atoms with Crippen molar-refractivity contribution in [3.8, 4) is 0 Å². The van der Waals surface area contributed by atoms with Crippen LogP contribution in [0.25, 0.3) is 17.0 Å². The number of nitrogens with two attached hydrogens (primary N) is 1. The van der Waals surface area contributed by atoms with Crippen LogP contribution in [-0.2, 0) is 9.31 Å². The molecule has 6 heteroatoms. The molecule has 4 nitrogen and oxygen atoms in total. The predicted octanol–water partition coefficient (Wildman–Crippen LogP) is 3.86. The number of aromatic nitrogens is 1. The molecule has 1 aliphatic heterocycles. The molecule has 0 saturated carbocycles. The van der Waals surface area contributed by atoms with Gasteiger partial charge in [0.15, 0.2) is 0 Å². The van der Waals surface area contributed by atoms with Gasteiger partial charge in [0.25, 0.3) is 0 Å². The van der Waals surface area contributed by atoms with Crippen LogP contribution in [0.2, 0.25) is 5.15 Å². The van der Waals surface area contributed by atoms with Gasteiger partial charge in [0, 0.05) is 17.5 Å². The number of halogens is 1. The number of fused-ring (bicyclic) bond motifs is 1. The van der Waals surface area contributed by atoms with Crippen LogP contribution in [0.4, 0.5) is 0 Å². The van der Waals surface area contributed by atoms with E-state index in [-0.39, 0.29) is 0 Å². The van der Waals surface area contributed by atoms with E-state index in [1.165, 1.54) is 0 Å². The minimum atomic E-state index is -0.484. The first-order chi connectivity index (χ1) is 11.2. The van der Waals surface area contributed by atoms with Gasteiger partial charge in [0.05, 0.1) is 16.7 Å². The third-order valence-electron chi connectivity index (χ3n) is 4.84. The first-order valence-corrected chi connectivity index (χ1v) is 8.43. The zero-order valence-electron chi connectivity index (χ0n) is 14.5. The maximum Gasteiger partial charge on any atom is 0.491 e. The lowest BCUT2D eigenvalue weighted by atomic mass is 9.77. The fourth-order valence-electron chi connectivity index (χ4n) is 2.63. The van der Waals surface area contributed by atoms with Crippen LogP contribution in [-0.4, -0.2) is 29.8 Å². The van der Waals surface area contributed by atoms with Crippen molar-refractivity contribution in [3.05, 3.63) is 46.5 Å². The number of nitrogens with zero attached hydrogens (tertiary/aromatic N) is 1. The Morgan fingerprint density at radius 2 is 1.83 bits per heavy atom. The molecule has 2 N–H and O–H groups in total. The van der Waals surface area contributed by atoms with Crippen molar-refractivity contribution in [3.63, 3.8) is 0 Å². The van der Waals surface area contributed by atoms with E-state index in [0.717, 1.165) is 21.9 Å². The lowest BCUT2D eigenvalue weighted by Gasteiger charge is -2.32. The van der Waals surface area contributed by atoms with Gasteiger partial charge in [-0.1, -0.05) is 35.9 Å². The Kier molecular flexibility index (Phi) is 4.47. The summed E-state index contributed by atoms with van der Waals surface area (Å²) in [4.78, 5) is 4.45. The second-order valence-corrected chi connectivity index (χ2v) is 7.43. The number of pyridine rings is 1. The molecule has 1 aromatic heterocycles. The minimum absolute atomic E-state index is 0.319. The summed E-state index contributed by atoms with van der Waals surface area (Å²) < 4.78 is 12.2. The Morgan fingerprint density at radius 3 is 2.46 bits per heavy atom. The van der Waals surface area contributed by atoms with E-state index in [9.17, 15) is 0 Å². The number of hydrogen-bond acceptors (Lipinski definition) is 4. The molecule has 2 heterocycles. The van der Waals surface area contributed by atoms with Crippen LogP contribution >= 0.6 is 11.6 Å². The molecule has 0 radical (unpaired) electrons. The van der Waals surface area contributed by atoms with Crippen molar-refractivity contribution in [2.45, 2.75) is 38.9 Å². The molecule has 24 heavy (non-hydrogen) atoms. The fraction of sp³-hybridized carbons (Fsp3) is 0.389. The summed E-state index contributed by atoms with van der Waals surface area (Å²) in [6.45, 7) is 8.40. The highest BCUT2D eigenvalue weighted by Crippen LogP contribution is 2.38. The molecule has 1 aromatic carbocycles. The summed E-state index contributed by atoms with van der Waals surface area (Å²) in [7, 11) is -0.484. The fourth-order valence-corrected chi connectivity index (χ4v) is 2.83. The van der Waals surface area contributed by atoms with Gasteiger partial charge in [0.2, 0.25) is 0 Å². The topological polar surface area (TPSA) is 57.4 Å². The predicted molar refractivity (Wildman–Crippen MR) is 99.9 cm³/mol. The largest absolute Gasteiger partial charge is 0.491 e. The molecule has 2 aromatic rings. The van der Waals surface area contributed by atoms with E-state index in [1.807, 2.05) is 64.1 Å². The van der Waals surface area contributed by atoms with Crippen molar-refractivity contribution in [2.24, 2.45) is 5.73 Å². The zero-order chi connectivity index (χ0) is 17.5. The van der Waals surface area contributed by atoms with Crippen LogP contribution in [0, 0.1) is 0 Å². The molecule has 3 rings (SSSR count). The highest BCUT2D eigenvalue weighted by atomic mass is 35.5. The summed E-state index contributed by atoms with van der Waals surface area (Å²) in [5.74, 6) is 0. The average molecular weight is 345 g/mol. The summed E-state index contributed by atoms with van der Waals surface area (Å²) >= 11 is 6.34. The SMILES string of the molecule is CC1(C)OB(C(=Cc2cc3ccccc3nc2Cl)CN)OC1(C)C. The van der Waals surface area contributed by atoms with E-state index in [2.05, 4.69) is 4.98 Å². The molecule has 0 amide bonds. The van der Waals surface area contributed by atoms with Crippen molar-refractivity contribution >= 4 is 35.7 Å². The van der Waals surface area contributed by atoms with Gasteiger partial charge in [-0.05, 0) is 45.3 Å². The van der Waals surface area contributed by atoms with E-state index >= 15 is 0 Å². The van der Waals surface area contributed by atoms with Gasteiger partial charge >= 0.3 is 7.12 Å². The Hall–Kier alpha value is -1.40. The quantitative estimate of drug-likeness (QED) is 0.678. The van der Waals surface area contributed by atoms with Crippen molar-refractivity contribution in [1.29, 1.82) is 0 Å². The Morgan fingerprint density at radius 1 is 1.21 bits per heavy atom. The molecule has 1 fully saturated rings. The molecule has 0 unspecified atom stereocenters. The normalized spacial score (nSPS) is 19.9. The van der Waals surface area contributed by atoms with Crippen LogP contribution in [0.3, 0.4) is 0 Å². The Balaban J connectivity index is 1.98. The standard InChI is InChI=1S/C18H22BClN2O2/c1-17(2)18(3,4)24-19(23-17)14(11-21)10-13-9-12-7-5-6-8-15(12)22-16(13)20/h5-10H,11,21H2,1-4H3. The van der Waals surface area contributed by atoms with Gasteiger partial charge in [-0.2, -0.15) is 0 Å². The molecule has 0 bridgehead atoms. The van der Waals surface area contributed by atoms with E-state index < -0.39 is 18.3 Å². The van der Waals surface area contributed by atoms with Crippen LogP contribution in [0.1, 0.15) is 33.3 Å². The van der Waals surface area contributed by atoms with E-state index in [0.29, 0.717) is 11.7 Å². The van der Waals surface area contributed by atoms with Crippen molar-refractivity contribution in [2.75, 3.05) is 6.54 Å². The second-order valence-electron chi connectivity index (χ2n) is 7.07.